The highest BCUT2D eigenvalue weighted by Crippen LogP contribution is 2.31. The van der Waals surface area contributed by atoms with Gasteiger partial charge < -0.3 is 10.3 Å². The lowest BCUT2D eigenvalue weighted by atomic mass is 10.2. The van der Waals surface area contributed by atoms with E-state index in [2.05, 4.69) is 10.3 Å². The van der Waals surface area contributed by atoms with Crippen molar-refractivity contribution in [2.24, 2.45) is 0 Å². The summed E-state index contributed by atoms with van der Waals surface area (Å²) < 4.78 is 13.1. The van der Waals surface area contributed by atoms with E-state index in [9.17, 15) is 9.18 Å². The summed E-state index contributed by atoms with van der Waals surface area (Å²) in [6.45, 7) is 0. The maximum Gasteiger partial charge on any atom is 0.272 e. The van der Waals surface area contributed by atoms with E-state index in [1.165, 1.54) is 0 Å². The fraction of sp³-hybridized carbons (Fsp3) is 0. The third kappa shape index (κ3) is 2.73. The van der Waals surface area contributed by atoms with E-state index < -0.39 is 11.7 Å². The minimum atomic E-state index is -0.561. The number of anilines is 1. The van der Waals surface area contributed by atoms with Crippen LogP contribution in [0.1, 0.15) is 10.5 Å². The Morgan fingerprint density at radius 3 is 2.43 bits per heavy atom. The first-order valence-electron chi connectivity index (χ1n) is 6.08. The normalized spacial score (nSPS) is 10.8. The van der Waals surface area contributed by atoms with Crippen molar-refractivity contribution >= 4 is 45.7 Å². The first-order chi connectivity index (χ1) is 10.0. The van der Waals surface area contributed by atoms with Crippen LogP contribution in [0, 0.1) is 5.82 Å². The molecule has 1 aromatic heterocycles. The van der Waals surface area contributed by atoms with E-state index in [0.717, 1.165) is 23.0 Å². The van der Waals surface area contributed by atoms with Gasteiger partial charge in [0.25, 0.3) is 5.91 Å². The smallest absolute Gasteiger partial charge is 0.272 e. The van der Waals surface area contributed by atoms with Crippen LogP contribution in [0.3, 0.4) is 0 Å². The Balaban J connectivity index is 1.93. The fourth-order valence-electron chi connectivity index (χ4n) is 2.04. The molecule has 1 heterocycles. The Morgan fingerprint density at radius 1 is 1.10 bits per heavy atom. The van der Waals surface area contributed by atoms with Gasteiger partial charge >= 0.3 is 0 Å². The van der Waals surface area contributed by atoms with Gasteiger partial charge in [-0.3, -0.25) is 4.79 Å². The van der Waals surface area contributed by atoms with Gasteiger partial charge in [-0.2, -0.15) is 0 Å². The summed E-state index contributed by atoms with van der Waals surface area (Å²) in [4.78, 5) is 15.2. The molecule has 21 heavy (non-hydrogen) atoms. The summed E-state index contributed by atoms with van der Waals surface area (Å²) in [6.07, 6.45) is 0. The molecule has 2 aromatic carbocycles. The number of hydrogen-bond acceptors (Lipinski definition) is 1. The third-order valence-electron chi connectivity index (χ3n) is 3.02. The van der Waals surface area contributed by atoms with Crippen molar-refractivity contribution in [3.05, 3.63) is 64.0 Å². The Kier molecular flexibility index (Phi) is 3.57. The van der Waals surface area contributed by atoms with Crippen molar-refractivity contribution < 1.29 is 9.18 Å². The number of aromatic amines is 1. The number of carbonyl (C=O) groups excluding carboxylic acids is 1. The van der Waals surface area contributed by atoms with Crippen molar-refractivity contribution in [1.29, 1.82) is 0 Å². The number of hydrogen-bond donors (Lipinski definition) is 2. The predicted octanol–water partition coefficient (Wildman–Crippen LogP) is 4.87. The van der Waals surface area contributed by atoms with Gasteiger partial charge in [0.2, 0.25) is 0 Å². The lowest BCUT2D eigenvalue weighted by Crippen LogP contribution is -2.13. The second-order valence-electron chi connectivity index (χ2n) is 4.47. The number of carbonyl (C=O) groups is 1. The summed E-state index contributed by atoms with van der Waals surface area (Å²) in [6, 6.07) is 11.4. The van der Waals surface area contributed by atoms with E-state index in [0.29, 0.717) is 5.69 Å². The van der Waals surface area contributed by atoms with Gasteiger partial charge in [-0.05, 0) is 24.3 Å². The van der Waals surface area contributed by atoms with Gasteiger partial charge in [0.05, 0.1) is 15.7 Å². The van der Waals surface area contributed by atoms with Crippen LogP contribution in [0.4, 0.5) is 10.1 Å². The van der Waals surface area contributed by atoms with Crippen molar-refractivity contribution in [2.45, 2.75) is 0 Å². The number of H-pyrrole nitrogens is 1. The van der Waals surface area contributed by atoms with Gasteiger partial charge in [-0.15, -0.1) is 0 Å². The van der Waals surface area contributed by atoms with Crippen molar-refractivity contribution in [1.82, 2.24) is 4.98 Å². The molecule has 0 aliphatic rings. The summed E-state index contributed by atoms with van der Waals surface area (Å²) in [5.41, 5.74) is 1.40. The third-order valence-corrected chi connectivity index (χ3v) is 3.62. The highest BCUT2D eigenvalue weighted by Gasteiger charge is 2.14. The molecule has 6 heteroatoms. The molecule has 0 saturated heterocycles. The molecule has 0 bridgehead atoms. The molecule has 0 saturated carbocycles. The van der Waals surface area contributed by atoms with Gasteiger partial charge in [-0.25, -0.2) is 4.39 Å². The number of para-hydroxylation sites is 1. The van der Waals surface area contributed by atoms with Gasteiger partial charge in [0, 0.05) is 10.9 Å². The molecule has 0 fully saturated rings. The van der Waals surface area contributed by atoms with Crippen molar-refractivity contribution in [2.75, 3.05) is 5.32 Å². The van der Waals surface area contributed by atoms with E-state index in [1.54, 1.807) is 6.07 Å². The summed E-state index contributed by atoms with van der Waals surface area (Å²) >= 11 is 11.8. The first kappa shape index (κ1) is 13.9. The zero-order valence-electron chi connectivity index (χ0n) is 10.6. The van der Waals surface area contributed by atoms with E-state index >= 15 is 0 Å². The predicted molar refractivity (Wildman–Crippen MR) is 82.7 cm³/mol. The van der Waals surface area contributed by atoms with Crippen LogP contribution in [0.25, 0.3) is 10.9 Å². The molecule has 2 N–H and O–H groups in total. The average Bonchev–Trinajstić information content (AvgIpc) is 2.86. The molecule has 3 rings (SSSR count). The zero-order valence-corrected chi connectivity index (χ0v) is 12.1. The molecule has 106 valence electrons. The number of aromatic nitrogens is 1. The lowest BCUT2D eigenvalue weighted by molar-refractivity contribution is 0.102. The molecule has 1 amide bonds. The monoisotopic (exact) mass is 322 g/mol. The maximum atomic E-state index is 13.1. The highest BCUT2D eigenvalue weighted by atomic mass is 35.5. The van der Waals surface area contributed by atoms with Crippen LogP contribution in [0.2, 0.25) is 10.0 Å². The van der Waals surface area contributed by atoms with Gasteiger partial charge in [0.1, 0.15) is 11.5 Å². The molecule has 3 nitrogen and oxygen atoms in total. The molecule has 0 unspecified atom stereocenters. The molecule has 3 aromatic rings. The SMILES string of the molecule is O=C(Nc1c(Cl)cc(F)cc1Cl)c1cc2ccccc2[nH]1. The van der Waals surface area contributed by atoms with Gasteiger partial charge in [0.15, 0.2) is 0 Å². The summed E-state index contributed by atoms with van der Waals surface area (Å²) in [5, 5.41) is 3.59. The number of amides is 1. The average molecular weight is 323 g/mol. The molecular formula is C15H9Cl2FN2O. The molecule has 0 radical (unpaired) electrons. The number of nitrogens with one attached hydrogen (secondary N) is 2. The van der Waals surface area contributed by atoms with Crippen LogP contribution in [-0.2, 0) is 0 Å². The largest absolute Gasteiger partial charge is 0.351 e. The van der Waals surface area contributed by atoms with Crippen molar-refractivity contribution in [3.8, 4) is 0 Å². The fourth-order valence-corrected chi connectivity index (χ4v) is 2.59. The molecule has 0 atom stereocenters. The van der Waals surface area contributed by atoms with Crippen LogP contribution in [0.5, 0.6) is 0 Å². The van der Waals surface area contributed by atoms with E-state index in [-0.39, 0.29) is 15.7 Å². The summed E-state index contributed by atoms with van der Waals surface area (Å²) in [5.74, 6) is -0.963. The van der Waals surface area contributed by atoms with E-state index in [1.807, 2.05) is 24.3 Å². The van der Waals surface area contributed by atoms with Crippen LogP contribution in [0.15, 0.2) is 42.5 Å². The van der Waals surface area contributed by atoms with Gasteiger partial charge in [-0.1, -0.05) is 41.4 Å². The molecule has 0 aliphatic carbocycles. The van der Waals surface area contributed by atoms with E-state index in [4.69, 9.17) is 23.2 Å². The molecular weight excluding hydrogens is 314 g/mol. The highest BCUT2D eigenvalue weighted by molar-refractivity contribution is 6.40. The quantitative estimate of drug-likeness (QED) is 0.694. The second-order valence-corrected chi connectivity index (χ2v) is 5.28. The summed E-state index contributed by atoms with van der Waals surface area (Å²) in [7, 11) is 0. The topological polar surface area (TPSA) is 44.9 Å². The maximum absolute atomic E-state index is 13.1. The van der Waals surface area contributed by atoms with Crippen LogP contribution in [-0.4, -0.2) is 10.9 Å². The first-order valence-corrected chi connectivity index (χ1v) is 6.84. The number of benzene rings is 2. The standard InChI is InChI=1S/C15H9Cl2FN2O/c16-10-6-9(18)7-11(17)14(10)20-15(21)13-5-8-3-1-2-4-12(8)19-13/h1-7,19H,(H,20,21). The Hall–Kier alpha value is -2.04. The zero-order chi connectivity index (χ0) is 15.0. The second kappa shape index (κ2) is 5.39. The Morgan fingerprint density at radius 2 is 1.76 bits per heavy atom. The van der Waals surface area contributed by atoms with Crippen LogP contribution >= 0.6 is 23.2 Å². The minimum Gasteiger partial charge on any atom is -0.351 e. The number of halogens is 3. The number of rotatable bonds is 2. The Labute approximate surface area is 129 Å². The molecule has 0 spiro atoms. The minimum absolute atomic E-state index is 0.0458. The van der Waals surface area contributed by atoms with Crippen molar-refractivity contribution in [3.63, 3.8) is 0 Å². The van der Waals surface area contributed by atoms with Crippen LogP contribution < -0.4 is 5.32 Å². The molecule has 0 aliphatic heterocycles. The lowest BCUT2D eigenvalue weighted by Gasteiger charge is -2.08. The number of fused-ring (bicyclic) bond motifs is 1. The Bertz CT molecular complexity index is 789.